The first-order valence-corrected chi connectivity index (χ1v) is 6.29. The van der Waals surface area contributed by atoms with Crippen molar-refractivity contribution in [3.63, 3.8) is 0 Å². The van der Waals surface area contributed by atoms with E-state index in [4.69, 9.17) is 5.73 Å². The number of carbonyl (C=O) groups excluding carboxylic acids is 1. The summed E-state index contributed by atoms with van der Waals surface area (Å²) in [6, 6.07) is 0. The molecule has 0 radical (unpaired) electrons. The molecule has 4 nitrogen and oxygen atoms in total. The minimum Gasteiger partial charge on any atom is -0.338 e. The van der Waals surface area contributed by atoms with E-state index in [9.17, 15) is 4.79 Å². The molecule has 0 atom stereocenters. The second kappa shape index (κ2) is 5.96. The van der Waals surface area contributed by atoms with Crippen molar-refractivity contribution < 1.29 is 4.79 Å². The Bertz CT molecular complexity index is 358. The molecular formula is C13H23N3O. The molecule has 0 saturated heterocycles. The van der Waals surface area contributed by atoms with Crippen molar-refractivity contribution >= 4 is 5.78 Å². The molecule has 96 valence electrons. The van der Waals surface area contributed by atoms with Crippen LogP contribution in [0.25, 0.3) is 0 Å². The fourth-order valence-electron chi connectivity index (χ4n) is 2.17. The highest BCUT2D eigenvalue weighted by atomic mass is 16.1. The normalized spacial score (nSPS) is 11.8. The largest absolute Gasteiger partial charge is 0.338 e. The Labute approximate surface area is 103 Å². The lowest BCUT2D eigenvalue weighted by molar-refractivity contribution is -0.128. The molecule has 1 aromatic heterocycles. The Morgan fingerprint density at radius 2 is 2.12 bits per heavy atom. The summed E-state index contributed by atoms with van der Waals surface area (Å²) in [5.74, 6) is 1.23. The molecule has 4 heteroatoms. The van der Waals surface area contributed by atoms with Gasteiger partial charge >= 0.3 is 0 Å². The van der Waals surface area contributed by atoms with E-state index >= 15 is 0 Å². The molecule has 0 saturated carbocycles. The van der Waals surface area contributed by atoms with Gasteiger partial charge in [-0.1, -0.05) is 13.8 Å². The zero-order valence-electron chi connectivity index (χ0n) is 11.1. The molecule has 0 aliphatic carbocycles. The zero-order valence-corrected chi connectivity index (χ0v) is 11.1. The Morgan fingerprint density at radius 3 is 2.53 bits per heavy atom. The second-order valence-electron chi connectivity index (χ2n) is 4.57. The average Bonchev–Trinajstić information content (AvgIpc) is 2.75. The summed E-state index contributed by atoms with van der Waals surface area (Å²) in [4.78, 5) is 16.5. The SMILES string of the molecule is CCC(CC)(CN)C(=O)CCc1nccn1C. The van der Waals surface area contributed by atoms with E-state index in [2.05, 4.69) is 4.98 Å². The van der Waals surface area contributed by atoms with Crippen molar-refractivity contribution in [2.45, 2.75) is 39.5 Å². The minimum atomic E-state index is -0.328. The molecule has 17 heavy (non-hydrogen) atoms. The van der Waals surface area contributed by atoms with Gasteiger partial charge in [0, 0.05) is 44.2 Å². The van der Waals surface area contributed by atoms with E-state index in [1.807, 2.05) is 31.7 Å². The van der Waals surface area contributed by atoms with Crippen molar-refractivity contribution in [2.24, 2.45) is 18.2 Å². The van der Waals surface area contributed by atoms with Crippen LogP contribution >= 0.6 is 0 Å². The number of aryl methyl sites for hydroxylation is 2. The van der Waals surface area contributed by atoms with Gasteiger partial charge in [0.25, 0.3) is 0 Å². The van der Waals surface area contributed by atoms with Gasteiger partial charge in [0.1, 0.15) is 11.6 Å². The smallest absolute Gasteiger partial charge is 0.140 e. The third-order valence-electron chi connectivity index (χ3n) is 3.83. The molecule has 0 aromatic carbocycles. The van der Waals surface area contributed by atoms with Gasteiger partial charge in [-0.15, -0.1) is 0 Å². The van der Waals surface area contributed by atoms with Gasteiger partial charge < -0.3 is 10.3 Å². The predicted molar refractivity (Wildman–Crippen MR) is 68.6 cm³/mol. The van der Waals surface area contributed by atoms with E-state index in [0.29, 0.717) is 19.4 Å². The third kappa shape index (κ3) is 2.94. The zero-order chi connectivity index (χ0) is 12.9. The van der Waals surface area contributed by atoms with Gasteiger partial charge in [-0.05, 0) is 12.8 Å². The molecule has 0 fully saturated rings. The van der Waals surface area contributed by atoms with Crippen LogP contribution in [-0.2, 0) is 18.3 Å². The van der Waals surface area contributed by atoms with E-state index in [1.54, 1.807) is 6.20 Å². The topological polar surface area (TPSA) is 60.9 Å². The summed E-state index contributed by atoms with van der Waals surface area (Å²) in [6.45, 7) is 4.52. The van der Waals surface area contributed by atoms with Crippen molar-refractivity contribution in [1.29, 1.82) is 0 Å². The highest BCUT2D eigenvalue weighted by Gasteiger charge is 2.32. The summed E-state index contributed by atoms with van der Waals surface area (Å²) in [7, 11) is 1.95. The maximum absolute atomic E-state index is 12.2. The molecule has 0 aliphatic rings. The number of carbonyl (C=O) groups is 1. The van der Waals surface area contributed by atoms with Gasteiger partial charge in [0.15, 0.2) is 0 Å². The number of hydrogen-bond donors (Lipinski definition) is 1. The summed E-state index contributed by atoms with van der Waals surface area (Å²) in [5.41, 5.74) is 5.44. The summed E-state index contributed by atoms with van der Waals surface area (Å²) < 4.78 is 1.95. The minimum absolute atomic E-state index is 0.271. The molecule has 1 aromatic rings. The molecule has 1 rings (SSSR count). The van der Waals surface area contributed by atoms with Gasteiger partial charge in [-0.25, -0.2) is 4.98 Å². The fraction of sp³-hybridized carbons (Fsp3) is 0.692. The van der Waals surface area contributed by atoms with E-state index in [0.717, 1.165) is 18.7 Å². The van der Waals surface area contributed by atoms with E-state index in [-0.39, 0.29) is 11.2 Å². The number of imidazole rings is 1. The molecule has 2 N–H and O–H groups in total. The van der Waals surface area contributed by atoms with Crippen LogP contribution in [0.4, 0.5) is 0 Å². The summed E-state index contributed by atoms with van der Waals surface area (Å²) >= 11 is 0. The molecule has 0 amide bonds. The standard InChI is InChI=1S/C13H23N3O/c1-4-13(5-2,10-14)11(17)6-7-12-15-8-9-16(12)3/h8-9H,4-7,10,14H2,1-3H3. The fourth-order valence-corrected chi connectivity index (χ4v) is 2.17. The Morgan fingerprint density at radius 1 is 1.47 bits per heavy atom. The third-order valence-corrected chi connectivity index (χ3v) is 3.83. The molecule has 0 spiro atoms. The van der Waals surface area contributed by atoms with Gasteiger partial charge in [-0.3, -0.25) is 4.79 Å². The molecule has 0 unspecified atom stereocenters. The lowest BCUT2D eigenvalue weighted by Gasteiger charge is -2.28. The van der Waals surface area contributed by atoms with Crippen LogP contribution in [0, 0.1) is 5.41 Å². The van der Waals surface area contributed by atoms with Crippen molar-refractivity contribution in [1.82, 2.24) is 9.55 Å². The summed E-state index contributed by atoms with van der Waals surface area (Å²) in [5, 5.41) is 0. The molecule has 0 aliphatic heterocycles. The first-order valence-electron chi connectivity index (χ1n) is 6.29. The highest BCUT2D eigenvalue weighted by molar-refractivity contribution is 5.85. The number of hydrogen-bond acceptors (Lipinski definition) is 3. The maximum atomic E-state index is 12.2. The molecule has 1 heterocycles. The van der Waals surface area contributed by atoms with Gasteiger partial charge in [-0.2, -0.15) is 0 Å². The number of nitrogens with two attached hydrogens (primary N) is 1. The molecule has 0 bridgehead atoms. The highest BCUT2D eigenvalue weighted by Crippen LogP contribution is 2.27. The van der Waals surface area contributed by atoms with Crippen LogP contribution in [0.15, 0.2) is 12.4 Å². The number of ketones is 1. The van der Waals surface area contributed by atoms with Crippen LogP contribution in [0.3, 0.4) is 0 Å². The van der Waals surface area contributed by atoms with Crippen molar-refractivity contribution in [3.05, 3.63) is 18.2 Å². The van der Waals surface area contributed by atoms with Crippen LogP contribution < -0.4 is 5.73 Å². The quantitative estimate of drug-likeness (QED) is 0.785. The first-order chi connectivity index (χ1) is 8.09. The summed E-state index contributed by atoms with van der Waals surface area (Å²) in [6.07, 6.45) is 6.53. The van der Waals surface area contributed by atoms with E-state index < -0.39 is 0 Å². The number of Topliss-reactive ketones (excluding diaryl/α,β-unsaturated/α-hetero) is 1. The number of aromatic nitrogens is 2. The lowest BCUT2D eigenvalue weighted by atomic mass is 9.77. The monoisotopic (exact) mass is 237 g/mol. The maximum Gasteiger partial charge on any atom is 0.140 e. The lowest BCUT2D eigenvalue weighted by Crippen LogP contribution is -2.37. The Kier molecular flexibility index (Phi) is 4.87. The first kappa shape index (κ1) is 13.9. The Hall–Kier alpha value is -1.16. The van der Waals surface area contributed by atoms with Crippen LogP contribution in [0.2, 0.25) is 0 Å². The van der Waals surface area contributed by atoms with Crippen molar-refractivity contribution in [2.75, 3.05) is 6.54 Å². The predicted octanol–water partition coefficient (Wildman–Crippen LogP) is 1.69. The molecular weight excluding hydrogens is 214 g/mol. The van der Waals surface area contributed by atoms with Crippen molar-refractivity contribution in [3.8, 4) is 0 Å². The average molecular weight is 237 g/mol. The number of nitrogens with zero attached hydrogens (tertiary/aromatic N) is 2. The Balaban J connectivity index is 2.63. The second-order valence-corrected chi connectivity index (χ2v) is 4.57. The van der Waals surface area contributed by atoms with E-state index in [1.165, 1.54) is 0 Å². The van der Waals surface area contributed by atoms with Gasteiger partial charge in [0.05, 0.1) is 0 Å². The van der Waals surface area contributed by atoms with Gasteiger partial charge in [0.2, 0.25) is 0 Å². The van der Waals surface area contributed by atoms with Crippen LogP contribution in [0.5, 0.6) is 0 Å². The van der Waals surface area contributed by atoms with Crippen LogP contribution in [-0.4, -0.2) is 21.9 Å². The number of rotatable bonds is 7. The van der Waals surface area contributed by atoms with Crippen LogP contribution in [0.1, 0.15) is 38.9 Å².